The molecule has 1 amide bonds. The molecule has 1 aromatic carbocycles. The fourth-order valence-corrected chi connectivity index (χ4v) is 4.07. The minimum Gasteiger partial charge on any atom is -0.507 e. The molecule has 2 heterocycles. The summed E-state index contributed by atoms with van der Waals surface area (Å²) < 4.78 is 5.64. The summed E-state index contributed by atoms with van der Waals surface area (Å²) in [5.41, 5.74) is 1.28. The topological polar surface area (TPSA) is 83.0 Å². The van der Waals surface area contributed by atoms with Crippen molar-refractivity contribution in [3.8, 4) is 5.75 Å². The van der Waals surface area contributed by atoms with Crippen LogP contribution in [0, 0.1) is 0 Å². The van der Waals surface area contributed by atoms with E-state index in [1.165, 1.54) is 0 Å². The first-order valence-electron chi connectivity index (χ1n) is 11.2. The first-order chi connectivity index (χ1) is 15.5. The summed E-state index contributed by atoms with van der Waals surface area (Å²) in [6.07, 6.45) is 3.81. The fraction of sp³-hybridized carbons (Fsp3) is 0.400. The summed E-state index contributed by atoms with van der Waals surface area (Å²) >= 11 is 0. The highest BCUT2D eigenvalue weighted by molar-refractivity contribution is 6.46. The van der Waals surface area contributed by atoms with Gasteiger partial charge in [0.15, 0.2) is 0 Å². The van der Waals surface area contributed by atoms with E-state index >= 15 is 0 Å². The molecule has 1 atom stereocenters. The molecule has 1 unspecified atom stereocenters. The molecular weight excluding hydrogens is 406 g/mol. The first-order valence-corrected chi connectivity index (χ1v) is 11.2. The standard InChI is InChI=1S/C25H31N3O4/c1-4-27(5-2)15-8-16-28-22(19-9-7-10-20(17-19)32-6-3)21(24(30)25(28)31)23(29)18-11-13-26-14-12-18/h7,9-14,17,22,29H,4-6,8,15-16H2,1-3H3. The van der Waals surface area contributed by atoms with Gasteiger partial charge < -0.3 is 19.6 Å². The summed E-state index contributed by atoms with van der Waals surface area (Å²) in [5.74, 6) is -0.799. The minimum absolute atomic E-state index is 0.0951. The second-order valence-corrected chi connectivity index (χ2v) is 7.61. The SMILES string of the molecule is CCOc1cccc(C2C(=C(O)c3ccncc3)C(=O)C(=O)N2CCCN(CC)CC)c1. The van der Waals surface area contributed by atoms with Gasteiger partial charge in [-0.1, -0.05) is 26.0 Å². The van der Waals surface area contributed by atoms with Crippen LogP contribution in [-0.2, 0) is 9.59 Å². The maximum Gasteiger partial charge on any atom is 0.295 e. The van der Waals surface area contributed by atoms with Crippen molar-refractivity contribution in [3.05, 3.63) is 65.5 Å². The normalized spacial score (nSPS) is 17.9. The molecule has 7 heteroatoms. The van der Waals surface area contributed by atoms with Crippen LogP contribution in [0.25, 0.3) is 5.76 Å². The number of hydrogen-bond acceptors (Lipinski definition) is 6. The molecule has 1 aliphatic heterocycles. The van der Waals surface area contributed by atoms with Crippen molar-refractivity contribution >= 4 is 17.4 Å². The third-order valence-corrected chi connectivity index (χ3v) is 5.75. The van der Waals surface area contributed by atoms with Gasteiger partial charge >= 0.3 is 0 Å². The number of ketones is 1. The smallest absolute Gasteiger partial charge is 0.295 e. The number of carbonyl (C=O) groups is 2. The van der Waals surface area contributed by atoms with Crippen molar-refractivity contribution < 1.29 is 19.4 Å². The van der Waals surface area contributed by atoms with Gasteiger partial charge in [-0.25, -0.2) is 0 Å². The molecule has 1 aliphatic rings. The number of pyridine rings is 1. The number of ether oxygens (including phenoxy) is 1. The number of benzene rings is 1. The zero-order valence-electron chi connectivity index (χ0n) is 19.0. The van der Waals surface area contributed by atoms with Gasteiger partial charge in [0.25, 0.3) is 11.7 Å². The number of aromatic nitrogens is 1. The molecule has 0 saturated carbocycles. The highest BCUT2D eigenvalue weighted by Crippen LogP contribution is 2.40. The Labute approximate surface area is 189 Å². The van der Waals surface area contributed by atoms with E-state index in [9.17, 15) is 14.7 Å². The predicted octanol–water partition coefficient (Wildman–Crippen LogP) is 3.63. The summed E-state index contributed by atoms with van der Waals surface area (Å²) in [6.45, 7) is 9.70. The van der Waals surface area contributed by atoms with Crippen LogP contribution < -0.4 is 4.74 Å². The Balaban J connectivity index is 2.03. The number of amides is 1. The van der Waals surface area contributed by atoms with E-state index in [-0.39, 0.29) is 11.3 Å². The minimum atomic E-state index is -0.680. The number of aliphatic hydroxyl groups is 1. The molecular formula is C25H31N3O4. The van der Waals surface area contributed by atoms with Crippen molar-refractivity contribution in [2.24, 2.45) is 0 Å². The second-order valence-electron chi connectivity index (χ2n) is 7.61. The van der Waals surface area contributed by atoms with Crippen LogP contribution >= 0.6 is 0 Å². The van der Waals surface area contributed by atoms with Crippen LogP contribution in [0.15, 0.2) is 54.4 Å². The Morgan fingerprint density at radius 2 is 1.84 bits per heavy atom. The summed E-state index contributed by atoms with van der Waals surface area (Å²) in [7, 11) is 0. The van der Waals surface area contributed by atoms with E-state index in [4.69, 9.17) is 4.74 Å². The van der Waals surface area contributed by atoms with Crippen LogP contribution in [0.5, 0.6) is 5.75 Å². The number of Topliss-reactive ketones (excluding diaryl/α,β-unsaturated/α-hetero) is 1. The number of likely N-dealkylation sites (tertiary alicyclic amines) is 1. The molecule has 7 nitrogen and oxygen atoms in total. The third-order valence-electron chi connectivity index (χ3n) is 5.75. The first kappa shape index (κ1) is 23.5. The lowest BCUT2D eigenvalue weighted by molar-refractivity contribution is -0.140. The van der Waals surface area contributed by atoms with Crippen molar-refractivity contribution in [1.29, 1.82) is 0 Å². The van der Waals surface area contributed by atoms with Crippen LogP contribution in [0.4, 0.5) is 0 Å². The molecule has 1 N–H and O–H groups in total. The van der Waals surface area contributed by atoms with Gasteiger partial charge in [-0.3, -0.25) is 14.6 Å². The Hall–Kier alpha value is -3.19. The zero-order valence-corrected chi connectivity index (χ0v) is 19.0. The van der Waals surface area contributed by atoms with Crippen LogP contribution in [-0.4, -0.2) is 64.4 Å². The van der Waals surface area contributed by atoms with Crippen LogP contribution in [0.3, 0.4) is 0 Å². The van der Waals surface area contributed by atoms with Gasteiger partial charge in [0.2, 0.25) is 0 Å². The number of rotatable bonds is 10. The Morgan fingerprint density at radius 3 is 2.50 bits per heavy atom. The van der Waals surface area contributed by atoms with Gasteiger partial charge in [0.05, 0.1) is 18.2 Å². The van der Waals surface area contributed by atoms with E-state index in [2.05, 4.69) is 23.7 Å². The van der Waals surface area contributed by atoms with Crippen molar-refractivity contribution in [1.82, 2.24) is 14.8 Å². The highest BCUT2D eigenvalue weighted by Gasteiger charge is 2.45. The average molecular weight is 438 g/mol. The quantitative estimate of drug-likeness (QED) is 0.347. The van der Waals surface area contributed by atoms with Crippen molar-refractivity contribution in [2.75, 3.05) is 32.8 Å². The maximum atomic E-state index is 13.1. The Morgan fingerprint density at radius 1 is 1.12 bits per heavy atom. The van der Waals surface area contributed by atoms with Gasteiger partial charge in [-0.15, -0.1) is 0 Å². The van der Waals surface area contributed by atoms with E-state index in [1.807, 2.05) is 31.2 Å². The van der Waals surface area contributed by atoms with E-state index in [0.717, 1.165) is 31.6 Å². The Kier molecular flexibility index (Phi) is 8.00. The molecule has 1 saturated heterocycles. The zero-order chi connectivity index (χ0) is 23.1. The predicted molar refractivity (Wildman–Crippen MR) is 123 cm³/mol. The number of hydrogen-bond donors (Lipinski definition) is 1. The van der Waals surface area contributed by atoms with Gasteiger partial charge in [0.1, 0.15) is 11.5 Å². The molecule has 1 fully saturated rings. The monoisotopic (exact) mass is 437 g/mol. The van der Waals surface area contributed by atoms with E-state index in [1.54, 1.807) is 29.4 Å². The molecule has 0 radical (unpaired) electrons. The number of carbonyl (C=O) groups excluding carboxylic acids is 2. The molecule has 0 spiro atoms. The Bertz CT molecular complexity index is 970. The molecule has 1 aromatic heterocycles. The lowest BCUT2D eigenvalue weighted by Crippen LogP contribution is -2.33. The summed E-state index contributed by atoms with van der Waals surface area (Å²) in [4.78, 5) is 33.9. The average Bonchev–Trinajstić information content (AvgIpc) is 3.07. The van der Waals surface area contributed by atoms with Crippen LogP contribution in [0.2, 0.25) is 0 Å². The van der Waals surface area contributed by atoms with Gasteiger partial charge in [-0.05, 0) is 62.8 Å². The van der Waals surface area contributed by atoms with Crippen molar-refractivity contribution in [3.63, 3.8) is 0 Å². The second kappa shape index (κ2) is 10.9. The van der Waals surface area contributed by atoms with Gasteiger partial charge in [-0.2, -0.15) is 0 Å². The third kappa shape index (κ3) is 4.99. The van der Waals surface area contributed by atoms with Crippen LogP contribution in [0.1, 0.15) is 44.4 Å². The largest absolute Gasteiger partial charge is 0.507 e. The highest BCUT2D eigenvalue weighted by atomic mass is 16.5. The van der Waals surface area contributed by atoms with Crippen molar-refractivity contribution in [2.45, 2.75) is 33.2 Å². The summed E-state index contributed by atoms with van der Waals surface area (Å²) in [6, 6.07) is 9.92. The molecule has 32 heavy (non-hydrogen) atoms. The van der Waals surface area contributed by atoms with E-state index < -0.39 is 17.7 Å². The lowest BCUT2D eigenvalue weighted by atomic mass is 9.95. The number of nitrogens with zero attached hydrogens (tertiary/aromatic N) is 3. The number of aliphatic hydroxyl groups excluding tert-OH is 1. The molecule has 170 valence electrons. The van der Waals surface area contributed by atoms with Gasteiger partial charge in [0, 0.05) is 24.5 Å². The molecule has 0 bridgehead atoms. The molecule has 2 aromatic rings. The maximum absolute atomic E-state index is 13.1. The lowest BCUT2D eigenvalue weighted by Gasteiger charge is -2.27. The van der Waals surface area contributed by atoms with E-state index in [0.29, 0.717) is 24.5 Å². The molecule has 0 aliphatic carbocycles. The summed E-state index contributed by atoms with van der Waals surface area (Å²) in [5, 5.41) is 11.0. The fourth-order valence-electron chi connectivity index (χ4n) is 4.07. The molecule has 3 rings (SSSR count).